The van der Waals surface area contributed by atoms with Gasteiger partial charge in [0.1, 0.15) is 0 Å². The molecule has 0 aromatic carbocycles. The van der Waals surface area contributed by atoms with Gasteiger partial charge in [-0.25, -0.2) is 4.79 Å². The summed E-state index contributed by atoms with van der Waals surface area (Å²) in [6.07, 6.45) is 10.1. The van der Waals surface area contributed by atoms with E-state index in [-0.39, 0.29) is 18.2 Å². The lowest BCUT2D eigenvalue weighted by atomic mass is 10.2. The Morgan fingerprint density at radius 3 is 3.00 bits per heavy atom. The molecule has 6 nitrogen and oxygen atoms in total. The average molecular weight is 321 g/mol. The van der Waals surface area contributed by atoms with E-state index in [1.165, 1.54) is 12.8 Å². The summed E-state index contributed by atoms with van der Waals surface area (Å²) in [6, 6.07) is 0.463. The van der Waals surface area contributed by atoms with Gasteiger partial charge in [-0.1, -0.05) is 5.92 Å². The van der Waals surface area contributed by atoms with Crippen LogP contribution in [0.15, 0.2) is 0 Å². The van der Waals surface area contributed by atoms with Gasteiger partial charge in [-0.2, -0.15) is 0 Å². The second kappa shape index (κ2) is 8.00. The van der Waals surface area contributed by atoms with E-state index in [0.717, 1.165) is 39.1 Å². The first kappa shape index (κ1) is 16.6. The molecule has 0 saturated carbocycles. The summed E-state index contributed by atoms with van der Waals surface area (Å²) >= 11 is 0. The zero-order chi connectivity index (χ0) is 16.1. The number of fused-ring (bicyclic) bond motifs is 1. The lowest BCUT2D eigenvalue weighted by Crippen LogP contribution is -2.52. The number of carbonyl (C=O) groups excluding carboxylic acids is 1. The molecule has 3 aliphatic heterocycles. The molecule has 1 N–H and O–H groups in total. The fourth-order valence-corrected chi connectivity index (χ4v) is 3.69. The van der Waals surface area contributed by atoms with Crippen LogP contribution in [0.1, 0.15) is 25.7 Å². The third-order valence-electron chi connectivity index (χ3n) is 4.96. The predicted octanol–water partition coefficient (Wildman–Crippen LogP) is 0.673. The fourth-order valence-electron chi connectivity index (χ4n) is 3.69. The van der Waals surface area contributed by atoms with E-state index in [1.807, 2.05) is 0 Å². The molecule has 0 aromatic heterocycles. The topological polar surface area (TPSA) is 54.0 Å². The van der Waals surface area contributed by atoms with E-state index >= 15 is 0 Å². The van der Waals surface area contributed by atoms with Crippen molar-refractivity contribution >= 4 is 6.03 Å². The first-order valence-corrected chi connectivity index (χ1v) is 8.69. The van der Waals surface area contributed by atoms with Crippen molar-refractivity contribution in [3.63, 3.8) is 0 Å². The maximum Gasteiger partial charge on any atom is 0.318 e. The van der Waals surface area contributed by atoms with Crippen LogP contribution in [0.5, 0.6) is 0 Å². The normalized spacial score (nSPS) is 30.7. The third-order valence-corrected chi connectivity index (χ3v) is 4.96. The van der Waals surface area contributed by atoms with E-state index in [0.29, 0.717) is 25.7 Å². The van der Waals surface area contributed by atoms with Gasteiger partial charge in [0.25, 0.3) is 0 Å². The number of ether oxygens (including phenoxy) is 2. The highest BCUT2D eigenvalue weighted by Crippen LogP contribution is 2.22. The second-order valence-corrected chi connectivity index (χ2v) is 6.65. The Morgan fingerprint density at radius 1 is 1.30 bits per heavy atom. The van der Waals surface area contributed by atoms with Gasteiger partial charge in [0.05, 0.1) is 25.4 Å². The quantitative estimate of drug-likeness (QED) is 0.757. The minimum absolute atomic E-state index is 0.0729. The number of nitrogens with one attached hydrogen (secondary N) is 1. The van der Waals surface area contributed by atoms with Crippen molar-refractivity contribution in [3.05, 3.63) is 0 Å². The second-order valence-electron chi connectivity index (χ2n) is 6.65. The minimum Gasteiger partial charge on any atom is -0.376 e. The van der Waals surface area contributed by atoms with E-state index < -0.39 is 0 Å². The number of nitrogens with zero attached hydrogens (tertiary/aromatic N) is 2. The van der Waals surface area contributed by atoms with Crippen molar-refractivity contribution in [2.24, 2.45) is 0 Å². The number of terminal acetylenes is 1. The summed E-state index contributed by atoms with van der Waals surface area (Å²) in [6.45, 7) is 5.04. The summed E-state index contributed by atoms with van der Waals surface area (Å²) in [7, 11) is 0. The summed E-state index contributed by atoms with van der Waals surface area (Å²) in [4.78, 5) is 16.5. The van der Waals surface area contributed by atoms with E-state index in [4.69, 9.17) is 15.9 Å². The summed E-state index contributed by atoms with van der Waals surface area (Å²) < 4.78 is 11.5. The third kappa shape index (κ3) is 4.37. The Balaban J connectivity index is 1.43. The standard InChI is InChI=1S/C17H27N3O3/c1-2-7-20(11-15-6-4-9-22-15)17(21)18-10-16-12-19-8-3-5-14(19)13-23-16/h1,14-16H,3-13H2,(H,18,21)/t14-,15-,16-/m0/s1. The molecular formula is C17H27N3O3. The predicted molar refractivity (Wildman–Crippen MR) is 87.1 cm³/mol. The van der Waals surface area contributed by atoms with Gasteiger partial charge in [-0.15, -0.1) is 6.42 Å². The molecule has 3 rings (SSSR count). The number of hydrogen-bond donors (Lipinski definition) is 1. The maximum absolute atomic E-state index is 12.4. The molecule has 3 atom stereocenters. The molecule has 3 heterocycles. The largest absolute Gasteiger partial charge is 0.376 e. The van der Waals surface area contributed by atoms with Gasteiger partial charge in [0.15, 0.2) is 0 Å². The van der Waals surface area contributed by atoms with Crippen molar-refractivity contribution in [3.8, 4) is 12.3 Å². The van der Waals surface area contributed by atoms with Gasteiger partial charge < -0.3 is 19.7 Å². The van der Waals surface area contributed by atoms with E-state index in [2.05, 4.69) is 16.1 Å². The lowest BCUT2D eigenvalue weighted by Gasteiger charge is -2.35. The highest BCUT2D eigenvalue weighted by atomic mass is 16.5. The van der Waals surface area contributed by atoms with Crippen LogP contribution >= 0.6 is 0 Å². The Morgan fingerprint density at radius 2 is 2.22 bits per heavy atom. The van der Waals surface area contributed by atoms with Crippen LogP contribution in [-0.2, 0) is 9.47 Å². The van der Waals surface area contributed by atoms with E-state index in [9.17, 15) is 4.79 Å². The number of hydrogen-bond acceptors (Lipinski definition) is 4. The Labute approximate surface area is 138 Å². The van der Waals surface area contributed by atoms with Gasteiger partial charge in [0, 0.05) is 32.3 Å². The maximum atomic E-state index is 12.4. The smallest absolute Gasteiger partial charge is 0.318 e. The van der Waals surface area contributed by atoms with Gasteiger partial charge in [0.2, 0.25) is 0 Å². The highest BCUT2D eigenvalue weighted by Gasteiger charge is 2.32. The molecule has 3 fully saturated rings. The zero-order valence-corrected chi connectivity index (χ0v) is 13.7. The number of carbonyl (C=O) groups is 1. The zero-order valence-electron chi connectivity index (χ0n) is 13.7. The van der Waals surface area contributed by atoms with Gasteiger partial charge >= 0.3 is 6.03 Å². The molecule has 0 radical (unpaired) electrons. The summed E-state index contributed by atoms with van der Waals surface area (Å²) in [5, 5.41) is 2.98. The Bertz CT molecular complexity index is 445. The molecule has 0 aliphatic carbocycles. The number of urea groups is 1. The van der Waals surface area contributed by atoms with Crippen LogP contribution in [0.25, 0.3) is 0 Å². The molecule has 23 heavy (non-hydrogen) atoms. The number of morpholine rings is 1. The molecule has 3 saturated heterocycles. The minimum atomic E-state index is -0.120. The fraction of sp³-hybridized carbons (Fsp3) is 0.824. The van der Waals surface area contributed by atoms with Gasteiger partial charge in [-0.05, 0) is 32.2 Å². The van der Waals surface area contributed by atoms with Crippen LogP contribution in [0.2, 0.25) is 0 Å². The molecule has 3 aliphatic rings. The molecule has 2 amide bonds. The molecule has 6 heteroatoms. The van der Waals surface area contributed by atoms with Crippen molar-refractivity contribution in [1.29, 1.82) is 0 Å². The number of rotatable bonds is 5. The van der Waals surface area contributed by atoms with Crippen LogP contribution in [-0.4, -0.2) is 80.0 Å². The molecule has 0 unspecified atom stereocenters. The monoisotopic (exact) mass is 321 g/mol. The average Bonchev–Trinajstić information content (AvgIpc) is 3.22. The lowest BCUT2D eigenvalue weighted by molar-refractivity contribution is -0.0461. The molecule has 0 aromatic rings. The highest BCUT2D eigenvalue weighted by molar-refractivity contribution is 5.74. The molecule has 0 bridgehead atoms. The molecular weight excluding hydrogens is 294 g/mol. The first-order valence-electron chi connectivity index (χ1n) is 8.69. The van der Waals surface area contributed by atoms with Crippen LogP contribution in [0, 0.1) is 12.3 Å². The number of amides is 2. The summed E-state index contributed by atoms with van der Waals surface area (Å²) in [5.74, 6) is 2.56. The van der Waals surface area contributed by atoms with Crippen molar-refractivity contribution < 1.29 is 14.3 Å². The van der Waals surface area contributed by atoms with E-state index in [1.54, 1.807) is 4.90 Å². The molecule has 0 spiro atoms. The van der Waals surface area contributed by atoms with Crippen LogP contribution in [0.3, 0.4) is 0 Å². The van der Waals surface area contributed by atoms with Crippen LogP contribution in [0.4, 0.5) is 4.79 Å². The summed E-state index contributed by atoms with van der Waals surface area (Å²) in [5.41, 5.74) is 0. The molecule has 128 valence electrons. The van der Waals surface area contributed by atoms with Crippen molar-refractivity contribution in [2.45, 2.75) is 43.9 Å². The van der Waals surface area contributed by atoms with Crippen molar-refractivity contribution in [2.75, 3.05) is 45.9 Å². The van der Waals surface area contributed by atoms with Crippen LogP contribution < -0.4 is 5.32 Å². The van der Waals surface area contributed by atoms with Crippen molar-refractivity contribution in [1.82, 2.24) is 15.1 Å². The SMILES string of the molecule is C#CCN(C[C@@H]1CCCO1)C(=O)NC[C@H]1CN2CCC[C@H]2CO1. The van der Waals surface area contributed by atoms with Gasteiger partial charge in [-0.3, -0.25) is 4.90 Å². The Hall–Kier alpha value is -1.29. The Kier molecular flexibility index (Phi) is 5.76. The first-order chi connectivity index (χ1) is 11.3.